The predicted molar refractivity (Wildman–Crippen MR) is 83.0 cm³/mol. The second kappa shape index (κ2) is 7.84. The van der Waals surface area contributed by atoms with E-state index in [-0.39, 0.29) is 24.7 Å². The Morgan fingerprint density at radius 1 is 1.23 bits per heavy atom. The number of halogens is 1. The van der Waals surface area contributed by atoms with Gasteiger partial charge in [0.1, 0.15) is 11.6 Å². The van der Waals surface area contributed by atoms with Crippen molar-refractivity contribution in [2.45, 2.75) is 6.42 Å². The molecule has 0 aliphatic carbocycles. The van der Waals surface area contributed by atoms with Crippen LogP contribution >= 0.6 is 0 Å². The summed E-state index contributed by atoms with van der Waals surface area (Å²) in [5, 5.41) is 2.72. The van der Waals surface area contributed by atoms with Crippen molar-refractivity contribution < 1.29 is 13.9 Å². The van der Waals surface area contributed by atoms with E-state index in [9.17, 15) is 9.18 Å². The van der Waals surface area contributed by atoms with Gasteiger partial charge in [-0.2, -0.15) is 0 Å². The van der Waals surface area contributed by atoms with Crippen molar-refractivity contribution in [3.63, 3.8) is 0 Å². The smallest absolute Gasteiger partial charge is 0.225 e. The number of ether oxygens (including phenoxy) is 1. The standard InChI is InChI=1S/C18H16FNO2/c1-22-17-6-2-4-15(12-17)13-18(21)20-11-3-5-14-7-9-16(19)10-8-14/h2,4,6-10,12H,11,13H2,1H3,(H,20,21). The maximum absolute atomic E-state index is 12.7. The Morgan fingerprint density at radius 2 is 2.00 bits per heavy atom. The molecule has 0 unspecified atom stereocenters. The predicted octanol–water partition coefficient (Wildman–Crippen LogP) is 2.54. The largest absolute Gasteiger partial charge is 0.497 e. The minimum Gasteiger partial charge on any atom is -0.497 e. The summed E-state index contributed by atoms with van der Waals surface area (Å²) < 4.78 is 17.8. The molecule has 0 saturated heterocycles. The maximum Gasteiger partial charge on any atom is 0.225 e. The van der Waals surface area contributed by atoms with Gasteiger partial charge in [-0.3, -0.25) is 4.79 Å². The molecule has 1 amide bonds. The fourth-order valence-corrected chi connectivity index (χ4v) is 1.85. The Labute approximate surface area is 129 Å². The van der Waals surface area contributed by atoms with Crippen LogP contribution in [-0.2, 0) is 11.2 Å². The van der Waals surface area contributed by atoms with Crippen LogP contribution in [0.25, 0.3) is 0 Å². The van der Waals surface area contributed by atoms with E-state index in [1.807, 2.05) is 24.3 Å². The van der Waals surface area contributed by atoms with E-state index in [0.717, 1.165) is 11.3 Å². The third kappa shape index (κ3) is 4.95. The first kappa shape index (κ1) is 15.6. The molecule has 0 aliphatic heterocycles. The van der Waals surface area contributed by atoms with E-state index < -0.39 is 0 Å². The Balaban J connectivity index is 1.82. The van der Waals surface area contributed by atoms with Crippen LogP contribution in [-0.4, -0.2) is 19.6 Å². The van der Waals surface area contributed by atoms with Gasteiger partial charge in [-0.05, 0) is 42.0 Å². The number of rotatable bonds is 4. The second-order valence-corrected chi connectivity index (χ2v) is 4.61. The molecule has 2 aromatic rings. The van der Waals surface area contributed by atoms with Crippen LogP contribution in [0, 0.1) is 17.7 Å². The van der Waals surface area contributed by atoms with Gasteiger partial charge in [0, 0.05) is 5.56 Å². The van der Waals surface area contributed by atoms with Gasteiger partial charge in [0.05, 0.1) is 20.1 Å². The molecule has 0 radical (unpaired) electrons. The summed E-state index contributed by atoms with van der Waals surface area (Å²) >= 11 is 0. The molecular weight excluding hydrogens is 281 g/mol. The average molecular weight is 297 g/mol. The number of hydrogen-bond acceptors (Lipinski definition) is 2. The number of methoxy groups -OCH3 is 1. The lowest BCUT2D eigenvalue weighted by molar-refractivity contribution is -0.120. The Bertz CT molecular complexity index is 699. The molecule has 0 atom stereocenters. The Morgan fingerprint density at radius 3 is 2.73 bits per heavy atom. The summed E-state index contributed by atoms with van der Waals surface area (Å²) in [6.45, 7) is 0.250. The lowest BCUT2D eigenvalue weighted by Gasteiger charge is -2.04. The van der Waals surface area contributed by atoms with E-state index in [1.54, 1.807) is 19.2 Å². The first-order chi connectivity index (χ1) is 10.7. The van der Waals surface area contributed by atoms with E-state index in [0.29, 0.717) is 5.56 Å². The van der Waals surface area contributed by atoms with Crippen molar-refractivity contribution in [2.24, 2.45) is 0 Å². The summed E-state index contributed by atoms with van der Waals surface area (Å²) in [4.78, 5) is 11.8. The van der Waals surface area contributed by atoms with Gasteiger partial charge >= 0.3 is 0 Å². The van der Waals surface area contributed by atoms with Crippen LogP contribution in [0.2, 0.25) is 0 Å². The van der Waals surface area contributed by atoms with Gasteiger partial charge < -0.3 is 10.1 Å². The highest BCUT2D eigenvalue weighted by atomic mass is 19.1. The molecule has 0 aliphatic rings. The highest BCUT2D eigenvalue weighted by Crippen LogP contribution is 2.12. The number of carbonyl (C=O) groups excluding carboxylic acids is 1. The lowest BCUT2D eigenvalue weighted by Crippen LogP contribution is -2.25. The first-order valence-corrected chi connectivity index (χ1v) is 6.81. The molecule has 1 N–H and O–H groups in total. The molecule has 0 heterocycles. The number of amides is 1. The molecule has 0 saturated carbocycles. The molecule has 0 aromatic heterocycles. The summed E-state index contributed by atoms with van der Waals surface area (Å²) in [5.41, 5.74) is 1.59. The molecule has 2 rings (SSSR count). The number of benzene rings is 2. The summed E-state index contributed by atoms with van der Waals surface area (Å²) in [7, 11) is 1.59. The molecule has 2 aromatic carbocycles. The van der Waals surface area contributed by atoms with Crippen LogP contribution in [0.3, 0.4) is 0 Å². The lowest BCUT2D eigenvalue weighted by atomic mass is 10.1. The van der Waals surface area contributed by atoms with Crippen LogP contribution in [0.5, 0.6) is 5.75 Å². The Hall–Kier alpha value is -2.80. The van der Waals surface area contributed by atoms with E-state index in [4.69, 9.17) is 4.74 Å². The minimum atomic E-state index is -0.294. The van der Waals surface area contributed by atoms with Crippen molar-refractivity contribution in [2.75, 3.05) is 13.7 Å². The Kier molecular flexibility index (Phi) is 5.56. The third-order valence-corrected chi connectivity index (χ3v) is 2.95. The van der Waals surface area contributed by atoms with Crippen LogP contribution in [0.15, 0.2) is 48.5 Å². The molecule has 3 nitrogen and oxygen atoms in total. The zero-order valence-electron chi connectivity index (χ0n) is 12.2. The van der Waals surface area contributed by atoms with Crippen LogP contribution in [0.1, 0.15) is 11.1 Å². The number of nitrogens with one attached hydrogen (secondary N) is 1. The van der Waals surface area contributed by atoms with E-state index in [2.05, 4.69) is 17.2 Å². The monoisotopic (exact) mass is 297 g/mol. The van der Waals surface area contributed by atoms with Gasteiger partial charge in [0.15, 0.2) is 0 Å². The fourth-order valence-electron chi connectivity index (χ4n) is 1.85. The zero-order chi connectivity index (χ0) is 15.8. The normalized spacial score (nSPS) is 9.55. The topological polar surface area (TPSA) is 38.3 Å². The van der Waals surface area contributed by atoms with Gasteiger partial charge in [-0.1, -0.05) is 24.0 Å². The van der Waals surface area contributed by atoms with Gasteiger partial charge in [-0.25, -0.2) is 4.39 Å². The molecule has 0 fully saturated rings. The van der Waals surface area contributed by atoms with Gasteiger partial charge in [-0.15, -0.1) is 0 Å². The number of hydrogen-bond donors (Lipinski definition) is 1. The molecule has 0 spiro atoms. The van der Waals surface area contributed by atoms with Crippen molar-refractivity contribution >= 4 is 5.91 Å². The van der Waals surface area contributed by atoms with Crippen molar-refractivity contribution in [1.82, 2.24) is 5.32 Å². The van der Waals surface area contributed by atoms with Crippen molar-refractivity contribution in [3.8, 4) is 17.6 Å². The maximum atomic E-state index is 12.7. The van der Waals surface area contributed by atoms with E-state index in [1.165, 1.54) is 12.1 Å². The summed E-state index contributed by atoms with van der Waals surface area (Å²) in [6.07, 6.45) is 0.273. The summed E-state index contributed by atoms with van der Waals surface area (Å²) in [6, 6.07) is 13.3. The zero-order valence-corrected chi connectivity index (χ0v) is 12.2. The second-order valence-electron chi connectivity index (χ2n) is 4.61. The highest BCUT2D eigenvalue weighted by Gasteiger charge is 2.03. The van der Waals surface area contributed by atoms with Crippen LogP contribution < -0.4 is 10.1 Å². The molecule has 112 valence electrons. The van der Waals surface area contributed by atoms with Gasteiger partial charge in [0.25, 0.3) is 0 Å². The summed E-state index contributed by atoms with van der Waals surface area (Å²) in [5.74, 6) is 6.01. The van der Waals surface area contributed by atoms with Crippen molar-refractivity contribution in [1.29, 1.82) is 0 Å². The highest BCUT2D eigenvalue weighted by molar-refractivity contribution is 5.78. The minimum absolute atomic E-state index is 0.110. The molecule has 22 heavy (non-hydrogen) atoms. The molecule has 4 heteroatoms. The van der Waals surface area contributed by atoms with Gasteiger partial charge in [0.2, 0.25) is 5.91 Å². The molecule has 0 bridgehead atoms. The SMILES string of the molecule is COc1cccc(CC(=O)NCC#Cc2ccc(F)cc2)c1. The first-order valence-electron chi connectivity index (χ1n) is 6.81. The molecular formula is C18H16FNO2. The average Bonchev–Trinajstić information content (AvgIpc) is 2.53. The third-order valence-electron chi connectivity index (χ3n) is 2.95. The van der Waals surface area contributed by atoms with E-state index >= 15 is 0 Å². The van der Waals surface area contributed by atoms with Crippen LogP contribution in [0.4, 0.5) is 4.39 Å². The fraction of sp³-hybridized carbons (Fsp3) is 0.167. The number of carbonyl (C=O) groups is 1. The quantitative estimate of drug-likeness (QED) is 0.881. The van der Waals surface area contributed by atoms with Crippen molar-refractivity contribution in [3.05, 3.63) is 65.5 Å².